The van der Waals surface area contributed by atoms with Crippen molar-refractivity contribution in [3.05, 3.63) is 39.4 Å². The van der Waals surface area contributed by atoms with Crippen molar-refractivity contribution in [2.24, 2.45) is 5.92 Å². The first-order chi connectivity index (χ1) is 11.4. The molecule has 1 amide bonds. The number of esters is 1. The number of non-ortho nitro benzene ring substituents is 1. The molecule has 0 radical (unpaired) electrons. The predicted octanol–water partition coefficient (Wildman–Crippen LogP) is 3.08. The van der Waals surface area contributed by atoms with Gasteiger partial charge in [-0.1, -0.05) is 19.8 Å². The third kappa shape index (κ3) is 4.31. The summed E-state index contributed by atoms with van der Waals surface area (Å²) >= 11 is 0. The summed E-state index contributed by atoms with van der Waals surface area (Å²) in [5, 5.41) is 14.0. The number of rotatable bonds is 5. The van der Waals surface area contributed by atoms with Crippen molar-refractivity contribution < 1.29 is 19.2 Å². The van der Waals surface area contributed by atoms with Crippen molar-refractivity contribution in [2.75, 3.05) is 6.61 Å². The topological polar surface area (TPSA) is 98.5 Å². The predicted molar refractivity (Wildman–Crippen MR) is 87.9 cm³/mol. The molecule has 0 unspecified atom stereocenters. The highest BCUT2D eigenvalue weighted by molar-refractivity contribution is 5.99. The first-order valence-corrected chi connectivity index (χ1v) is 8.19. The number of hydrogen-bond donors (Lipinski definition) is 1. The maximum atomic E-state index is 12.5. The minimum Gasteiger partial charge on any atom is -0.462 e. The first-order valence-electron chi connectivity index (χ1n) is 8.19. The van der Waals surface area contributed by atoms with E-state index in [1.165, 1.54) is 12.1 Å². The monoisotopic (exact) mass is 334 g/mol. The van der Waals surface area contributed by atoms with E-state index in [1.807, 2.05) is 0 Å². The average molecular weight is 334 g/mol. The van der Waals surface area contributed by atoms with Gasteiger partial charge in [0.25, 0.3) is 11.6 Å². The number of nitrogens with one attached hydrogen (secondary N) is 1. The Bertz CT molecular complexity index is 644. The van der Waals surface area contributed by atoms with Gasteiger partial charge in [0.2, 0.25) is 0 Å². The molecule has 1 aliphatic carbocycles. The number of nitro groups is 1. The standard InChI is InChI=1S/C17H22N2O5/c1-3-24-17(21)13-8-12(9-14(10-13)19(22)23)16(20)18-15-7-5-4-6-11(15)2/h8-11,15H,3-7H2,1-2H3,(H,18,20)/t11-,15+/m0/s1. The van der Waals surface area contributed by atoms with Crippen LogP contribution in [0, 0.1) is 16.0 Å². The molecule has 7 nitrogen and oxygen atoms in total. The van der Waals surface area contributed by atoms with Crippen molar-refractivity contribution in [3.63, 3.8) is 0 Å². The second kappa shape index (κ2) is 7.90. The lowest BCUT2D eigenvalue weighted by Crippen LogP contribution is -2.41. The van der Waals surface area contributed by atoms with Crippen LogP contribution in [-0.2, 0) is 4.74 Å². The third-order valence-electron chi connectivity index (χ3n) is 4.33. The smallest absolute Gasteiger partial charge is 0.338 e. The van der Waals surface area contributed by atoms with Crippen LogP contribution < -0.4 is 5.32 Å². The summed E-state index contributed by atoms with van der Waals surface area (Å²) < 4.78 is 4.87. The SMILES string of the molecule is CCOC(=O)c1cc(C(=O)N[C@@H]2CCCC[C@@H]2C)cc([N+](=O)[O-])c1. The molecule has 1 aromatic carbocycles. The molecule has 24 heavy (non-hydrogen) atoms. The fourth-order valence-electron chi connectivity index (χ4n) is 2.96. The Morgan fingerprint density at radius 1 is 1.25 bits per heavy atom. The summed E-state index contributed by atoms with van der Waals surface area (Å²) in [6, 6.07) is 3.70. The van der Waals surface area contributed by atoms with E-state index in [0.717, 1.165) is 31.7 Å². The van der Waals surface area contributed by atoms with Crippen LogP contribution in [0.2, 0.25) is 0 Å². The summed E-state index contributed by atoms with van der Waals surface area (Å²) in [4.78, 5) is 34.8. The molecule has 0 spiro atoms. The number of carbonyl (C=O) groups is 2. The summed E-state index contributed by atoms with van der Waals surface area (Å²) in [6.07, 6.45) is 4.15. The van der Waals surface area contributed by atoms with Crippen molar-refractivity contribution in [3.8, 4) is 0 Å². The van der Waals surface area contributed by atoms with Gasteiger partial charge in [-0.2, -0.15) is 0 Å². The summed E-state index contributed by atoms with van der Waals surface area (Å²) in [6.45, 7) is 3.89. The molecule has 7 heteroatoms. The van der Waals surface area contributed by atoms with Crippen LogP contribution in [0.1, 0.15) is 60.2 Å². The fraction of sp³-hybridized carbons (Fsp3) is 0.529. The van der Waals surface area contributed by atoms with Crippen LogP contribution in [0.15, 0.2) is 18.2 Å². The molecule has 0 saturated heterocycles. The quantitative estimate of drug-likeness (QED) is 0.507. The van der Waals surface area contributed by atoms with Gasteiger partial charge in [0.15, 0.2) is 0 Å². The second-order valence-corrected chi connectivity index (χ2v) is 6.09. The average Bonchev–Trinajstić information content (AvgIpc) is 2.56. The molecule has 2 atom stereocenters. The van der Waals surface area contributed by atoms with E-state index < -0.39 is 16.8 Å². The summed E-state index contributed by atoms with van der Waals surface area (Å²) in [5.41, 5.74) is -0.194. The van der Waals surface area contributed by atoms with Crippen molar-refractivity contribution >= 4 is 17.6 Å². The Morgan fingerprint density at radius 2 is 1.92 bits per heavy atom. The van der Waals surface area contributed by atoms with E-state index in [2.05, 4.69) is 12.2 Å². The molecule has 0 aromatic heterocycles. The number of hydrogen-bond acceptors (Lipinski definition) is 5. The van der Waals surface area contributed by atoms with Crippen LogP contribution in [-0.4, -0.2) is 29.4 Å². The van der Waals surface area contributed by atoms with Gasteiger partial charge in [-0.25, -0.2) is 4.79 Å². The molecule has 1 N–H and O–H groups in total. The van der Waals surface area contributed by atoms with Gasteiger partial charge in [0.1, 0.15) is 0 Å². The second-order valence-electron chi connectivity index (χ2n) is 6.09. The van der Waals surface area contributed by atoms with E-state index in [4.69, 9.17) is 4.74 Å². The molecule has 1 aliphatic rings. The summed E-state index contributed by atoms with van der Waals surface area (Å²) in [7, 11) is 0. The molecule has 1 fully saturated rings. The minimum atomic E-state index is -0.679. The molecule has 1 aromatic rings. The number of amides is 1. The van der Waals surface area contributed by atoms with Gasteiger partial charge in [-0.05, 0) is 31.7 Å². The lowest BCUT2D eigenvalue weighted by molar-refractivity contribution is -0.384. The Balaban J connectivity index is 2.25. The maximum absolute atomic E-state index is 12.5. The van der Waals surface area contributed by atoms with E-state index in [1.54, 1.807) is 6.92 Å². The normalized spacial score (nSPS) is 20.2. The van der Waals surface area contributed by atoms with Crippen molar-refractivity contribution in [1.29, 1.82) is 0 Å². The molecular formula is C17H22N2O5. The van der Waals surface area contributed by atoms with E-state index >= 15 is 0 Å². The van der Waals surface area contributed by atoms with Crippen LogP contribution in [0.4, 0.5) is 5.69 Å². The largest absolute Gasteiger partial charge is 0.462 e. The number of carbonyl (C=O) groups excluding carboxylic acids is 2. The van der Waals surface area contributed by atoms with Crippen LogP contribution in [0.5, 0.6) is 0 Å². The molecular weight excluding hydrogens is 312 g/mol. The Kier molecular flexibility index (Phi) is 5.89. The number of nitro benzene ring substituents is 1. The molecule has 0 heterocycles. The van der Waals surface area contributed by atoms with E-state index in [-0.39, 0.29) is 29.5 Å². The van der Waals surface area contributed by atoms with Gasteiger partial charge < -0.3 is 10.1 Å². The molecule has 0 bridgehead atoms. The van der Waals surface area contributed by atoms with Crippen molar-refractivity contribution in [2.45, 2.75) is 45.6 Å². The zero-order valence-electron chi connectivity index (χ0n) is 13.9. The fourth-order valence-corrected chi connectivity index (χ4v) is 2.96. The number of benzene rings is 1. The van der Waals surface area contributed by atoms with Gasteiger partial charge in [-0.3, -0.25) is 14.9 Å². The van der Waals surface area contributed by atoms with Crippen LogP contribution in [0.3, 0.4) is 0 Å². The number of nitrogens with zero attached hydrogens (tertiary/aromatic N) is 1. The Morgan fingerprint density at radius 3 is 2.54 bits per heavy atom. The first kappa shape index (κ1) is 17.9. The minimum absolute atomic E-state index is 0.00731. The zero-order valence-corrected chi connectivity index (χ0v) is 13.9. The zero-order chi connectivity index (χ0) is 17.7. The molecule has 2 rings (SSSR count). The van der Waals surface area contributed by atoms with E-state index in [0.29, 0.717) is 5.92 Å². The highest BCUT2D eigenvalue weighted by atomic mass is 16.6. The number of ether oxygens (including phenoxy) is 1. The van der Waals surface area contributed by atoms with Crippen LogP contribution >= 0.6 is 0 Å². The van der Waals surface area contributed by atoms with Gasteiger partial charge >= 0.3 is 5.97 Å². The van der Waals surface area contributed by atoms with Gasteiger partial charge in [0.05, 0.1) is 17.1 Å². The van der Waals surface area contributed by atoms with Gasteiger partial charge in [-0.15, -0.1) is 0 Å². The molecule has 0 aliphatic heterocycles. The highest BCUT2D eigenvalue weighted by Gasteiger charge is 2.25. The Hall–Kier alpha value is -2.44. The summed E-state index contributed by atoms with van der Waals surface area (Å²) in [5.74, 6) is -0.713. The van der Waals surface area contributed by atoms with Gasteiger partial charge in [0, 0.05) is 23.7 Å². The molecule has 1 saturated carbocycles. The third-order valence-corrected chi connectivity index (χ3v) is 4.33. The van der Waals surface area contributed by atoms with Crippen LogP contribution in [0.25, 0.3) is 0 Å². The molecule has 130 valence electrons. The van der Waals surface area contributed by atoms with Crippen molar-refractivity contribution in [1.82, 2.24) is 5.32 Å². The Labute approximate surface area is 140 Å². The highest BCUT2D eigenvalue weighted by Crippen LogP contribution is 2.25. The maximum Gasteiger partial charge on any atom is 0.338 e. The lowest BCUT2D eigenvalue weighted by Gasteiger charge is -2.29. The lowest BCUT2D eigenvalue weighted by atomic mass is 9.86. The van der Waals surface area contributed by atoms with E-state index in [9.17, 15) is 19.7 Å².